The molecule has 2 aliphatic heterocycles. The number of hydrogen-bond donors (Lipinski definition) is 2. The van der Waals surface area contributed by atoms with Gasteiger partial charge < -0.3 is 15.4 Å². The summed E-state index contributed by atoms with van der Waals surface area (Å²) in [6.07, 6.45) is 1.59. The fourth-order valence-corrected chi connectivity index (χ4v) is 3.80. The molecule has 2 heterocycles. The quantitative estimate of drug-likeness (QED) is 0.887. The Bertz CT molecular complexity index is 770. The zero-order chi connectivity index (χ0) is 18.0. The van der Waals surface area contributed by atoms with E-state index in [1.54, 1.807) is 0 Å². The number of ether oxygens (including phenoxy) is 1. The molecule has 5 nitrogen and oxygen atoms in total. The zero-order valence-corrected chi connectivity index (χ0v) is 15.1. The van der Waals surface area contributed by atoms with Gasteiger partial charge >= 0.3 is 0 Å². The van der Waals surface area contributed by atoms with E-state index in [1.807, 2.05) is 54.6 Å². The maximum Gasteiger partial charge on any atom is 0.250 e. The third-order valence-electron chi connectivity index (χ3n) is 5.49. The van der Waals surface area contributed by atoms with Gasteiger partial charge in [-0.3, -0.25) is 9.69 Å². The average Bonchev–Trinajstić information content (AvgIpc) is 2.68. The molecule has 26 heavy (non-hydrogen) atoms. The van der Waals surface area contributed by atoms with Crippen molar-refractivity contribution in [2.24, 2.45) is 0 Å². The minimum absolute atomic E-state index is 0.0871. The van der Waals surface area contributed by atoms with E-state index in [9.17, 15) is 4.79 Å². The number of amides is 1. The molecule has 1 atom stereocenters. The highest BCUT2D eigenvalue weighted by Gasteiger charge is 2.44. The number of anilines is 2. The molecular weight excluding hydrogens is 326 g/mol. The van der Waals surface area contributed by atoms with Gasteiger partial charge in [-0.15, -0.1) is 0 Å². The standard InChI is InChI=1S/C21H25N3O2/c1-16(15-26-17-7-3-2-4-8-17)24-13-11-21(12-14-24)20(25)22-18-9-5-6-10-19(18)23-21/h2-10,16,23H,11-15H2,1H3,(H,22,25)/t16-/m0/s1. The maximum absolute atomic E-state index is 12.7. The molecule has 136 valence electrons. The molecular formula is C21H25N3O2. The van der Waals surface area contributed by atoms with Crippen LogP contribution in [-0.4, -0.2) is 42.1 Å². The van der Waals surface area contributed by atoms with Gasteiger partial charge in [-0.2, -0.15) is 0 Å². The number of fused-ring (bicyclic) bond motifs is 1. The lowest BCUT2D eigenvalue weighted by Crippen LogP contribution is -2.59. The molecule has 2 aliphatic rings. The summed E-state index contributed by atoms with van der Waals surface area (Å²) in [5, 5.41) is 6.58. The summed E-state index contributed by atoms with van der Waals surface area (Å²) in [5.74, 6) is 0.988. The predicted molar refractivity (Wildman–Crippen MR) is 104 cm³/mol. The second kappa shape index (κ2) is 7.00. The van der Waals surface area contributed by atoms with Crippen molar-refractivity contribution in [3.63, 3.8) is 0 Å². The van der Waals surface area contributed by atoms with Crippen molar-refractivity contribution in [1.29, 1.82) is 0 Å². The third-order valence-corrected chi connectivity index (χ3v) is 5.49. The number of nitrogens with zero attached hydrogens (tertiary/aromatic N) is 1. The molecule has 5 heteroatoms. The van der Waals surface area contributed by atoms with E-state index in [2.05, 4.69) is 22.5 Å². The number of rotatable bonds is 4. The number of benzene rings is 2. The Morgan fingerprint density at radius 3 is 2.42 bits per heavy atom. The number of nitrogens with one attached hydrogen (secondary N) is 2. The van der Waals surface area contributed by atoms with E-state index in [-0.39, 0.29) is 5.91 Å². The molecule has 2 aromatic rings. The second-order valence-corrected chi connectivity index (χ2v) is 7.22. The van der Waals surface area contributed by atoms with Crippen LogP contribution in [0.2, 0.25) is 0 Å². The Morgan fingerprint density at radius 1 is 1.04 bits per heavy atom. The van der Waals surface area contributed by atoms with Crippen molar-refractivity contribution in [1.82, 2.24) is 4.90 Å². The van der Waals surface area contributed by atoms with E-state index >= 15 is 0 Å². The smallest absolute Gasteiger partial charge is 0.250 e. The van der Waals surface area contributed by atoms with Crippen molar-refractivity contribution >= 4 is 17.3 Å². The molecule has 0 bridgehead atoms. The van der Waals surface area contributed by atoms with Crippen molar-refractivity contribution in [3.05, 3.63) is 54.6 Å². The monoisotopic (exact) mass is 351 g/mol. The topological polar surface area (TPSA) is 53.6 Å². The van der Waals surface area contributed by atoms with Crippen molar-refractivity contribution in [2.45, 2.75) is 31.3 Å². The van der Waals surface area contributed by atoms with E-state index < -0.39 is 5.54 Å². The van der Waals surface area contributed by atoms with Crippen LogP contribution < -0.4 is 15.4 Å². The Morgan fingerprint density at radius 2 is 1.69 bits per heavy atom. The summed E-state index contributed by atoms with van der Waals surface area (Å²) in [6.45, 7) is 4.59. The Hall–Kier alpha value is -2.53. The first-order chi connectivity index (χ1) is 12.7. The molecule has 1 fully saturated rings. The molecule has 2 N–H and O–H groups in total. The number of hydrogen-bond acceptors (Lipinski definition) is 4. The molecule has 0 aromatic heterocycles. The molecule has 0 unspecified atom stereocenters. The summed E-state index contributed by atoms with van der Waals surface area (Å²) in [7, 11) is 0. The summed E-state index contributed by atoms with van der Waals surface area (Å²) < 4.78 is 5.89. The molecule has 1 amide bonds. The van der Waals surface area contributed by atoms with E-state index in [4.69, 9.17) is 4.74 Å². The highest BCUT2D eigenvalue weighted by molar-refractivity contribution is 6.06. The van der Waals surface area contributed by atoms with Crippen molar-refractivity contribution in [2.75, 3.05) is 30.3 Å². The number of likely N-dealkylation sites (tertiary alicyclic amines) is 1. The van der Waals surface area contributed by atoms with Gasteiger partial charge in [0.05, 0.1) is 11.4 Å². The van der Waals surface area contributed by atoms with Crippen LogP contribution in [-0.2, 0) is 4.79 Å². The lowest BCUT2D eigenvalue weighted by Gasteiger charge is -2.45. The Balaban J connectivity index is 1.36. The molecule has 0 saturated carbocycles. The molecule has 0 aliphatic carbocycles. The fraction of sp³-hybridized carbons (Fsp3) is 0.381. The molecule has 1 saturated heterocycles. The summed E-state index contributed by atoms with van der Waals surface area (Å²) in [6, 6.07) is 18.1. The minimum Gasteiger partial charge on any atom is -0.492 e. The normalized spacial score (nSPS) is 20.0. The van der Waals surface area contributed by atoms with Crippen LogP contribution >= 0.6 is 0 Å². The maximum atomic E-state index is 12.7. The number of carbonyl (C=O) groups excluding carboxylic acids is 1. The SMILES string of the molecule is C[C@@H](COc1ccccc1)N1CCC2(CC1)Nc1ccccc1NC2=O. The molecule has 0 radical (unpaired) electrons. The van der Waals surface area contributed by atoms with Gasteiger partial charge in [0.2, 0.25) is 5.91 Å². The van der Waals surface area contributed by atoms with Crippen LogP contribution in [0.5, 0.6) is 5.75 Å². The summed E-state index contributed by atoms with van der Waals surface area (Å²) in [5.41, 5.74) is 1.39. The van der Waals surface area contributed by atoms with E-state index in [0.29, 0.717) is 12.6 Å². The van der Waals surface area contributed by atoms with Crippen molar-refractivity contribution in [3.8, 4) is 5.75 Å². The summed E-state index contributed by atoms with van der Waals surface area (Å²) in [4.78, 5) is 15.1. The summed E-state index contributed by atoms with van der Waals surface area (Å²) >= 11 is 0. The van der Waals surface area contributed by atoms with Crippen LogP contribution in [0.1, 0.15) is 19.8 Å². The number of piperidine rings is 1. The van der Waals surface area contributed by atoms with Gasteiger partial charge in [-0.05, 0) is 44.0 Å². The molecule has 2 aromatic carbocycles. The molecule has 4 rings (SSSR count). The highest BCUT2D eigenvalue weighted by atomic mass is 16.5. The minimum atomic E-state index is -0.495. The van der Waals surface area contributed by atoms with E-state index in [0.717, 1.165) is 43.1 Å². The fourth-order valence-electron chi connectivity index (χ4n) is 3.80. The van der Waals surface area contributed by atoms with E-state index in [1.165, 1.54) is 0 Å². The molecule has 1 spiro atoms. The van der Waals surface area contributed by atoms with Crippen LogP contribution in [0.15, 0.2) is 54.6 Å². The zero-order valence-electron chi connectivity index (χ0n) is 15.1. The third kappa shape index (κ3) is 3.27. The van der Waals surface area contributed by atoms with Gasteiger partial charge in [0.1, 0.15) is 17.9 Å². The Labute approximate surface area is 154 Å². The lowest BCUT2D eigenvalue weighted by molar-refractivity contribution is -0.122. The average molecular weight is 351 g/mol. The van der Waals surface area contributed by atoms with Gasteiger partial charge in [0, 0.05) is 19.1 Å². The number of carbonyl (C=O) groups is 1. The lowest BCUT2D eigenvalue weighted by atomic mass is 9.84. The van der Waals surface area contributed by atoms with Crippen LogP contribution in [0.25, 0.3) is 0 Å². The second-order valence-electron chi connectivity index (χ2n) is 7.22. The van der Waals surface area contributed by atoms with Crippen molar-refractivity contribution < 1.29 is 9.53 Å². The van der Waals surface area contributed by atoms with Crippen LogP contribution in [0.4, 0.5) is 11.4 Å². The van der Waals surface area contributed by atoms with Gasteiger partial charge in [-0.25, -0.2) is 0 Å². The first kappa shape index (κ1) is 16.9. The van der Waals surface area contributed by atoms with Gasteiger partial charge in [0.25, 0.3) is 0 Å². The Kier molecular flexibility index (Phi) is 4.55. The first-order valence-corrected chi connectivity index (χ1v) is 9.27. The van der Waals surface area contributed by atoms with Gasteiger partial charge in [0.15, 0.2) is 0 Å². The van der Waals surface area contributed by atoms with Crippen LogP contribution in [0, 0.1) is 0 Å². The largest absolute Gasteiger partial charge is 0.492 e. The number of para-hydroxylation sites is 3. The van der Waals surface area contributed by atoms with Gasteiger partial charge in [-0.1, -0.05) is 30.3 Å². The van der Waals surface area contributed by atoms with Crippen LogP contribution in [0.3, 0.4) is 0 Å². The first-order valence-electron chi connectivity index (χ1n) is 9.27. The highest BCUT2D eigenvalue weighted by Crippen LogP contribution is 2.36. The predicted octanol–water partition coefficient (Wildman–Crippen LogP) is 3.35.